The van der Waals surface area contributed by atoms with Gasteiger partial charge in [-0.05, 0) is 41.8 Å². The number of ether oxygens (including phenoxy) is 2. The molecule has 2 aliphatic heterocycles. The topological polar surface area (TPSA) is 67.9 Å². The third-order valence-corrected chi connectivity index (χ3v) is 5.71. The van der Waals surface area contributed by atoms with Gasteiger partial charge in [0, 0.05) is 37.9 Å². The fourth-order valence-corrected chi connectivity index (χ4v) is 3.98. The third kappa shape index (κ3) is 5.14. The lowest BCUT2D eigenvalue weighted by Gasteiger charge is -2.11. The molecule has 4 rings (SSSR count). The molecule has 2 aliphatic rings. The van der Waals surface area contributed by atoms with Crippen molar-refractivity contribution in [2.75, 3.05) is 26.8 Å². The minimum atomic E-state index is -0.101. The smallest absolute Gasteiger partial charge is 0.229 e. The van der Waals surface area contributed by atoms with E-state index in [9.17, 15) is 9.59 Å². The SMILES string of the molecule is COc1cc(CNCCc2ccc3c(c2)CCO3)ccc1/C=C/CN1C(=O)CCC1=O. The molecular formula is C25H28N2O4. The number of benzene rings is 2. The van der Waals surface area contributed by atoms with Crippen LogP contribution in [-0.2, 0) is 29.0 Å². The molecule has 6 nitrogen and oxygen atoms in total. The Morgan fingerprint density at radius 1 is 1.06 bits per heavy atom. The van der Waals surface area contributed by atoms with Gasteiger partial charge in [0.1, 0.15) is 11.5 Å². The van der Waals surface area contributed by atoms with Gasteiger partial charge in [-0.25, -0.2) is 0 Å². The van der Waals surface area contributed by atoms with E-state index in [1.165, 1.54) is 16.0 Å². The van der Waals surface area contributed by atoms with Gasteiger partial charge in [-0.15, -0.1) is 0 Å². The zero-order valence-electron chi connectivity index (χ0n) is 17.9. The Kier molecular flexibility index (Phi) is 6.67. The van der Waals surface area contributed by atoms with Crippen molar-refractivity contribution in [2.45, 2.75) is 32.2 Å². The first-order valence-electron chi connectivity index (χ1n) is 10.8. The van der Waals surface area contributed by atoms with Crippen LogP contribution in [0, 0.1) is 0 Å². The highest BCUT2D eigenvalue weighted by Gasteiger charge is 2.27. The summed E-state index contributed by atoms with van der Waals surface area (Å²) in [4.78, 5) is 24.7. The summed E-state index contributed by atoms with van der Waals surface area (Å²) in [6.45, 7) is 2.74. The summed E-state index contributed by atoms with van der Waals surface area (Å²) >= 11 is 0. The van der Waals surface area contributed by atoms with E-state index < -0.39 is 0 Å². The van der Waals surface area contributed by atoms with Crippen LogP contribution in [0.1, 0.15) is 35.1 Å². The van der Waals surface area contributed by atoms with Crippen molar-refractivity contribution in [3.8, 4) is 11.5 Å². The Morgan fingerprint density at radius 2 is 1.87 bits per heavy atom. The van der Waals surface area contributed by atoms with Gasteiger partial charge in [0.25, 0.3) is 0 Å². The highest BCUT2D eigenvalue weighted by atomic mass is 16.5. The molecule has 162 valence electrons. The molecule has 0 aromatic heterocycles. The summed E-state index contributed by atoms with van der Waals surface area (Å²) in [6.07, 6.45) is 6.34. The number of methoxy groups -OCH3 is 1. The zero-order chi connectivity index (χ0) is 21.6. The first-order valence-corrected chi connectivity index (χ1v) is 10.8. The second-order valence-electron chi connectivity index (χ2n) is 7.84. The number of rotatable bonds is 9. The van der Waals surface area contributed by atoms with E-state index in [1.807, 2.05) is 24.3 Å². The number of nitrogens with one attached hydrogen (secondary N) is 1. The van der Waals surface area contributed by atoms with E-state index in [0.717, 1.165) is 55.2 Å². The van der Waals surface area contributed by atoms with Crippen LogP contribution in [-0.4, -0.2) is 43.5 Å². The summed E-state index contributed by atoms with van der Waals surface area (Å²) in [7, 11) is 1.65. The molecular weight excluding hydrogens is 392 g/mol. The number of carbonyl (C=O) groups is 2. The van der Waals surface area contributed by atoms with Crippen LogP contribution in [0.25, 0.3) is 6.08 Å². The number of likely N-dealkylation sites (tertiary alicyclic amines) is 1. The number of amides is 2. The van der Waals surface area contributed by atoms with Crippen LogP contribution >= 0.6 is 0 Å². The maximum Gasteiger partial charge on any atom is 0.229 e. The van der Waals surface area contributed by atoms with Crippen LogP contribution in [0.4, 0.5) is 0 Å². The maximum atomic E-state index is 11.7. The molecule has 0 saturated carbocycles. The Bertz CT molecular complexity index is 983. The molecule has 0 radical (unpaired) electrons. The average Bonchev–Trinajstić information content (AvgIpc) is 3.38. The number of fused-ring (bicyclic) bond motifs is 1. The fraction of sp³-hybridized carbons (Fsp3) is 0.360. The second kappa shape index (κ2) is 9.79. The van der Waals surface area contributed by atoms with E-state index in [-0.39, 0.29) is 11.8 Å². The first-order chi connectivity index (χ1) is 15.1. The van der Waals surface area contributed by atoms with Crippen LogP contribution in [0.5, 0.6) is 11.5 Å². The molecule has 0 unspecified atom stereocenters. The van der Waals surface area contributed by atoms with Crippen molar-refractivity contribution in [1.82, 2.24) is 10.2 Å². The molecule has 0 atom stereocenters. The first kappa shape index (κ1) is 21.1. The van der Waals surface area contributed by atoms with E-state index in [1.54, 1.807) is 7.11 Å². The highest BCUT2D eigenvalue weighted by Crippen LogP contribution is 2.26. The molecule has 6 heteroatoms. The van der Waals surface area contributed by atoms with Crippen molar-refractivity contribution in [1.29, 1.82) is 0 Å². The second-order valence-corrected chi connectivity index (χ2v) is 7.84. The van der Waals surface area contributed by atoms with Gasteiger partial charge in [-0.2, -0.15) is 0 Å². The Balaban J connectivity index is 1.28. The Labute approximate surface area is 182 Å². The molecule has 0 aliphatic carbocycles. The Morgan fingerprint density at radius 3 is 2.68 bits per heavy atom. The number of imide groups is 1. The van der Waals surface area contributed by atoms with Gasteiger partial charge in [0.15, 0.2) is 0 Å². The molecule has 1 N–H and O–H groups in total. The normalized spacial score (nSPS) is 15.6. The van der Waals surface area contributed by atoms with Crippen LogP contribution in [0.15, 0.2) is 42.5 Å². The minimum Gasteiger partial charge on any atom is -0.496 e. The molecule has 2 amide bonds. The number of hydrogen-bond acceptors (Lipinski definition) is 5. The van der Waals surface area contributed by atoms with Gasteiger partial charge in [0.05, 0.1) is 13.7 Å². The van der Waals surface area contributed by atoms with E-state index in [4.69, 9.17) is 9.47 Å². The summed E-state index contributed by atoms with van der Waals surface area (Å²) in [6, 6.07) is 12.5. The van der Waals surface area contributed by atoms with Crippen molar-refractivity contribution in [2.24, 2.45) is 0 Å². The largest absolute Gasteiger partial charge is 0.496 e. The lowest BCUT2D eigenvalue weighted by molar-refractivity contribution is -0.137. The quantitative estimate of drug-likeness (QED) is 0.499. The molecule has 2 heterocycles. The van der Waals surface area contributed by atoms with E-state index >= 15 is 0 Å². The minimum absolute atomic E-state index is 0.101. The van der Waals surface area contributed by atoms with Gasteiger partial charge in [0.2, 0.25) is 11.8 Å². The summed E-state index contributed by atoms with van der Waals surface area (Å²) in [5, 5.41) is 3.49. The zero-order valence-corrected chi connectivity index (χ0v) is 17.9. The molecule has 2 aromatic rings. The molecule has 0 spiro atoms. The lowest BCUT2D eigenvalue weighted by atomic mass is 10.1. The lowest BCUT2D eigenvalue weighted by Crippen LogP contribution is -2.28. The number of hydrogen-bond donors (Lipinski definition) is 1. The predicted octanol–water partition coefficient (Wildman–Crippen LogP) is 3.12. The fourth-order valence-electron chi connectivity index (χ4n) is 3.98. The third-order valence-electron chi connectivity index (χ3n) is 5.71. The van der Waals surface area contributed by atoms with Gasteiger partial charge < -0.3 is 14.8 Å². The number of carbonyl (C=O) groups excluding carboxylic acids is 2. The van der Waals surface area contributed by atoms with Crippen LogP contribution < -0.4 is 14.8 Å². The average molecular weight is 421 g/mol. The Hall–Kier alpha value is -3.12. The van der Waals surface area contributed by atoms with Crippen molar-refractivity contribution in [3.05, 3.63) is 64.7 Å². The van der Waals surface area contributed by atoms with Crippen LogP contribution in [0.2, 0.25) is 0 Å². The number of nitrogens with zero attached hydrogens (tertiary/aromatic N) is 1. The summed E-state index contributed by atoms with van der Waals surface area (Å²) < 4.78 is 11.1. The molecule has 1 saturated heterocycles. The molecule has 0 bridgehead atoms. The van der Waals surface area contributed by atoms with Crippen LogP contribution in [0.3, 0.4) is 0 Å². The molecule has 2 aromatic carbocycles. The van der Waals surface area contributed by atoms with E-state index in [0.29, 0.717) is 19.4 Å². The molecule has 31 heavy (non-hydrogen) atoms. The molecule has 1 fully saturated rings. The van der Waals surface area contributed by atoms with Crippen molar-refractivity contribution in [3.63, 3.8) is 0 Å². The monoisotopic (exact) mass is 420 g/mol. The van der Waals surface area contributed by atoms with Gasteiger partial charge in [-0.1, -0.05) is 36.4 Å². The van der Waals surface area contributed by atoms with E-state index in [2.05, 4.69) is 29.6 Å². The van der Waals surface area contributed by atoms with Crippen molar-refractivity contribution < 1.29 is 19.1 Å². The van der Waals surface area contributed by atoms with Crippen molar-refractivity contribution >= 4 is 17.9 Å². The van der Waals surface area contributed by atoms with Gasteiger partial charge in [-0.3, -0.25) is 14.5 Å². The highest BCUT2D eigenvalue weighted by molar-refractivity contribution is 6.02. The standard InChI is InChI=1S/C25H28N2O4/c1-30-23-16-19(4-6-20(23)3-2-13-27-24(28)8-9-25(27)29)17-26-12-10-18-5-7-22-21(15-18)11-14-31-22/h2-7,15-16,26H,8-14,17H2,1H3/b3-2+. The predicted molar refractivity (Wildman–Crippen MR) is 119 cm³/mol. The summed E-state index contributed by atoms with van der Waals surface area (Å²) in [5.41, 5.74) is 4.70. The summed E-state index contributed by atoms with van der Waals surface area (Å²) in [5.74, 6) is 1.59. The van der Waals surface area contributed by atoms with Gasteiger partial charge >= 0.3 is 0 Å². The maximum absolute atomic E-state index is 11.7.